The van der Waals surface area contributed by atoms with Gasteiger partial charge < -0.3 is 15.2 Å². The van der Waals surface area contributed by atoms with Crippen molar-refractivity contribution in [2.75, 3.05) is 26.7 Å². The highest BCUT2D eigenvalue weighted by molar-refractivity contribution is 14.0. The highest BCUT2D eigenvalue weighted by Crippen LogP contribution is 2.13. The smallest absolute Gasteiger partial charge is 0.228 e. The lowest BCUT2D eigenvalue weighted by Crippen LogP contribution is -2.48. The molecule has 1 fully saturated rings. The Morgan fingerprint density at radius 2 is 2.00 bits per heavy atom. The molecule has 1 aromatic heterocycles. The first-order valence-corrected chi connectivity index (χ1v) is 9.25. The molecule has 148 valence electrons. The van der Waals surface area contributed by atoms with Crippen molar-refractivity contribution in [3.05, 3.63) is 47.6 Å². The second-order valence-electron chi connectivity index (χ2n) is 6.66. The van der Waals surface area contributed by atoms with Gasteiger partial charge in [0.15, 0.2) is 11.8 Å². The minimum absolute atomic E-state index is 0. The summed E-state index contributed by atoms with van der Waals surface area (Å²) in [6.07, 6.45) is 2.93. The van der Waals surface area contributed by atoms with Crippen molar-refractivity contribution in [1.82, 2.24) is 25.7 Å². The van der Waals surface area contributed by atoms with Crippen LogP contribution in [0, 0.1) is 6.92 Å². The Bertz CT molecular complexity index is 697. The second kappa shape index (κ2) is 11.2. The zero-order valence-corrected chi connectivity index (χ0v) is 18.3. The molecular formula is C19H29IN6O. The Morgan fingerprint density at radius 3 is 2.63 bits per heavy atom. The summed E-state index contributed by atoms with van der Waals surface area (Å²) in [7, 11) is 1.80. The van der Waals surface area contributed by atoms with Gasteiger partial charge in [-0.2, -0.15) is 4.98 Å². The van der Waals surface area contributed by atoms with E-state index in [1.54, 1.807) is 7.05 Å². The molecule has 8 heteroatoms. The summed E-state index contributed by atoms with van der Waals surface area (Å²) in [6.45, 7) is 5.78. The van der Waals surface area contributed by atoms with Crippen LogP contribution < -0.4 is 10.6 Å². The number of aryl methyl sites for hydroxylation is 1. The second-order valence-corrected chi connectivity index (χ2v) is 6.66. The lowest BCUT2D eigenvalue weighted by atomic mass is 10.0. The van der Waals surface area contributed by atoms with Crippen LogP contribution >= 0.6 is 24.0 Å². The molecule has 1 saturated heterocycles. The molecule has 27 heavy (non-hydrogen) atoms. The minimum Gasteiger partial charge on any atom is -0.356 e. The van der Waals surface area contributed by atoms with E-state index in [2.05, 4.69) is 61.0 Å². The van der Waals surface area contributed by atoms with Gasteiger partial charge in [-0.05, 0) is 25.3 Å². The maximum Gasteiger partial charge on any atom is 0.228 e. The van der Waals surface area contributed by atoms with Crippen molar-refractivity contribution in [1.29, 1.82) is 0 Å². The van der Waals surface area contributed by atoms with Gasteiger partial charge >= 0.3 is 0 Å². The summed E-state index contributed by atoms with van der Waals surface area (Å²) in [6, 6.07) is 11.1. The van der Waals surface area contributed by atoms with Crippen LogP contribution in [0.5, 0.6) is 0 Å². The number of piperidine rings is 1. The fourth-order valence-corrected chi connectivity index (χ4v) is 3.19. The van der Waals surface area contributed by atoms with E-state index in [0.717, 1.165) is 38.4 Å². The van der Waals surface area contributed by atoms with Gasteiger partial charge in [-0.1, -0.05) is 35.5 Å². The number of hydrogen-bond acceptors (Lipinski definition) is 5. The van der Waals surface area contributed by atoms with E-state index in [9.17, 15) is 0 Å². The molecule has 0 amide bonds. The molecule has 0 saturated carbocycles. The van der Waals surface area contributed by atoms with Crippen LogP contribution in [0.25, 0.3) is 0 Å². The average molecular weight is 484 g/mol. The lowest BCUT2D eigenvalue weighted by Gasteiger charge is -2.33. The SMILES string of the molecule is CN=C(NCCc1nc(C)no1)NC1CCN(Cc2ccccc2)CC1.I. The zero-order valence-electron chi connectivity index (χ0n) is 16.0. The summed E-state index contributed by atoms with van der Waals surface area (Å²) >= 11 is 0. The standard InChI is InChI=1S/C19H28N6O.HI/c1-15-22-18(26-24-15)8-11-21-19(20-2)23-17-9-12-25(13-10-17)14-16-6-4-3-5-7-16;/h3-7,17H,8-14H2,1-2H3,(H2,20,21,23);1H. The maximum atomic E-state index is 5.12. The Labute approximate surface area is 178 Å². The topological polar surface area (TPSA) is 78.6 Å². The molecule has 1 aliphatic rings. The zero-order chi connectivity index (χ0) is 18.2. The number of halogens is 1. The summed E-state index contributed by atoms with van der Waals surface area (Å²) in [5.74, 6) is 2.16. The van der Waals surface area contributed by atoms with Crippen molar-refractivity contribution >= 4 is 29.9 Å². The van der Waals surface area contributed by atoms with E-state index >= 15 is 0 Å². The lowest BCUT2D eigenvalue weighted by molar-refractivity contribution is 0.198. The molecule has 0 unspecified atom stereocenters. The molecule has 1 aliphatic heterocycles. The van der Waals surface area contributed by atoms with Crippen molar-refractivity contribution in [2.45, 2.75) is 38.8 Å². The third kappa shape index (κ3) is 7.10. The van der Waals surface area contributed by atoms with E-state index in [-0.39, 0.29) is 24.0 Å². The van der Waals surface area contributed by atoms with E-state index in [0.29, 0.717) is 30.7 Å². The molecule has 1 aromatic carbocycles. The Kier molecular flexibility index (Phi) is 8.99. The maximum absolute atomic E-state index is 5.12. The van der Waals surface area contributed by atoms with Crippen LogP contribution in [0.15, 0.2) is 39.8 Å². The number of nitrogens with zero attached hydrogens (tertiary/aromatic N) is 4. The Balaban J connectivity index is 0.00000261. The fraction of sp³-hybridized carbons (Fsp3) is 0.526. The molecule has 2 N–H and O–H groups in total. The summed E-state index contributed by atoms with van der Waals surface area (Å²) < 4.78 is 5.12. The van der Waals surface area contributed by atoms with Crippen molar-refractivity contribution in [2.24, 2.45) is 4.99 Å². The van der Waals surface area contributed by atoms with Crippen LogP contribution in [0.3, 0.4) is 0 Å². The predicted molar refractivity (Wildman–Crippen MR) is 117 cm³/mol. The monoisotopic (exact) mass is 484 g/mol. The Hall–Kier alpha value is -1.68. The quantitative estimate of drug-likeness (QED) is 0.373. The third-order valence-electron chi connectivity index (χ3n) is 4.60. The summed E-state index contributed by atoms with van der Waals surface area (Å²) in [4.78, 5) is 11.0. The van der Waals surface area contributed by atoms with Crippen molar-refractivity contribution in [3.63, 3.8) is 0 Å². The molecule has 2 aromatic rings. The Morgan fingerprint density at radius 1 is 1.26 bits per heavy atom. The normalized spacial score (nSPS) is 16.0. The van der Waals surface area contributed by atoms with Crippen LogP contribution in [0.1, 0.15) is 30.1 Å². The van der Waals surface area contributed by atoms with Gasteiger partial charge in [-0.15, -0.1) is 24.0 Å². The summed E-state index contributed by atoms with van der Waals surface area (Å²) in [5.41, 5.74) is 1.38. The fourth-order valence-electron chi connectivity index (χ4n) is 3.19. The largest absolute Gasteiger partial charge is 0.356 e. The van der Waals surface area contributed by atoms with Gasteiger partial charge in [-0.3, -0.25) is 9.89 Å². The van der Waals surface area contributed by atoms with E-state index in [4.69, 9.17) is 4.52 Å². The van der Waals surface area contributed by atoms with Gasteiger partial charge in [0, 0.05) is 45.7 Å². The predicted octanol–water partition coefficient (Wildman–Crippen LogP) is 2.37. The van der Waals surface area contributed by atoms with E-state index in [1.165, 1.54) is 5.56 Å². The number of rotatable bonds is 6. The van der Waals surface area contributed by atoms with Gasteiger partial charge in [0.1, 0.15) is 0 Å². The van der Waals surface area contributed by atoms with Gasteiger partial charge in [0.25, 0.3) is 0 Å². The van der Waals surface area contributed by atoms with Gasteiger partial charge in [0.05, 0.1) is 0 Å². The number of aromatic nitrogens is 2. The molecule has 0 atom stereocenters. The molecule has 7 nitrogen and oxygen atoms in total. The first-order chi connectivity index (χ1) is 12.7. The third-order valence-corrected chi connectivity index (χ3v) is 4.60. The molecule has 3 rings (SSSR count). The first-order valence-electron chi connectivity index (χ1n) is 9.25. The van der Waals surface area contributed by atoms with Gasteiger partial charge in [-0.25, -0.2) is 0 Å². The highest BCUT2D eigenvalue weighted by Gasteiger charge is 2.20. The van der Waals surface area contributed by atoms with Crippen LogP contribution in [-0.2, 0) is 13.0 Å². The van der Waals surface area contributed by atoms with E-state index < -0.39 is 0 Å². The van der Waals surface area contributed by atoms with Crippen molar-refractivity contribution in [3.8, 4) is 0 Å². The summed E-state index contributed by atoms with van der Waals surface area (Å²) in [5, 5.41) is 10.7. The highest BCUT2D eigenvalue weighted by atomic mass is 127. The number of likely N-dealkylation sites (tertiary alicyclic amines) is 1. The first kappa shape index (κ1) is 21.6. The van der Waals surface area contributed by atoms with E-state index in [1.807, 2.05) is 6.92 Å². The average Bonchev–Trinajstić information content (AvgIpc) is 3.08. The van der Waals surface area contributed by atoms with Gasteiger partial charge in [0.2, 0.25) is 5.89 Å². The molecule has 0 aliphatic carbocycles. The molecular weight excluding hydrogens is 455 g/mol. The number of nitrogens with one attached hydrogen (secondary N) is 2. The van der Waals surface area contributed by atoms with Crippen molar-refractivity contribution < 1.29 is 4.52 Å². The van der Waals surface area contributed by atoms with Crippen LogP contribution in [-0.4, -0.2) is 53.7 Å². The molecule has 0 radical (unpaired) electrons. The number of benzene rings is 1. The molecule has 0 bridgehead atoms. The number of aliphatic imine (C=N–C) groups is 1. The number of guanidine groups is 1. The minimum atomic E-state index is 0. The van der Waals surface area contributed by atoms with Crippen LogP contribution in [0.2, 0.25) is 0 Å². The molecule has 0 spiro atoms. The van der Waals surface area contributed by atoms with Crippen LogP contribution in [0.4, 0.5) is 0 Å². The molecule has 2 heterocycles. The number of hydrogen-bond donors (Lipinski definition) is 2.